The Morgan fingerprint density at radius 1 is 1.19 bits per heavy atom. The number of sulfonamides is 1. The second-order valence-corrected chi connectivity index (χ2v) is 9.29. The number of carbonyl (C=O) groups is 1. The number of aromatic nitrogens is 2. The topological polar surface area (TPSA) is 98.3 Å². The standard InChI is InChI=1S/C22H23FN4O3S/c1-14(15-5-3-6-18(13-15)31(24,29)30)26(2)22(28)21-19-7-4-8-20(19)27(25-21)17-11-9-16(23)10-12-17/h3,5-6,9-14H,4,7-8H2,1-2H3,(H2,24,29,30). The normalized spacial score (nSPS) is 14.3. The predicted molar refractivity (Wildman–Crippen MR) is 114 cm³/mol. The summed E-state index contributed by atoms with van der Waals surface area (Å²) in [7, 11) is -2.18. The lowest BCUT2D eigenvalue weighted by molar-refractivity contribution is 0.0735. The highest BCUT2D eigenvalue weighted by atomic mass is 32.2. The van der Waals surface area contributed by atoms with Crippen LogP contribution in [-0.2, 0) is 22.9 Å². The number of carbonyl (C=O) groups excluding carboxylic acids is 1. The van der Waals surface area contributed by atoms with Crippen molar-refractivity contribution >= 4 is 15.9 Å². The van der Waals surface area contributed by atoms with Gasteiger partial charge in [0.2, 0.25) is 10.0 Å². The first-order chi connectivity index (χ1) is 14.7. The summed E-state index contributed by atoms with van der Waals surface area (Å²) in [4.78, 5) is 14.9. The molecular weight excluding hydrogens is 419 g/mol. The number of benzene rings is 2. The molecule has 0 aliphatic heterocycles. The number of hydrogen-bond acceptors (Lipinski definition) is 4. The van der Waals surface area contributed by atoms with Gasteiger partial charge in [0.1, 0.15) is 5.82 Å². The molecule has 0 saturated heterocycles. The Morgan fingerprint density at radius 2 is 1.90 bits per heavy atom. The molecule has 1 aliphatic rings. The van der Waals surface area contributed by atoms with Crippen LogP contribution in [0.4, 0.5) is 4.39 Å². The van der Waals surface area contributed by atoms with E-state index in [1.807, 2.05) is 6.92 Å². The van der Waals surface area contributed by atoms with Gasteiger partial charge in [0, 0.05) is 18.3 Å². The molecule has 9 heteroatoms. The van der Waals surface area contributed by atoms with Gasteiger partial charge in [-0.2, -0.15) is 5.10 Å². The number of halogens is 1. The molecule has 1 amide bonds. The highest BCUT2D eigenvalue weighted by molar-refractivity contribution is 7.89. The zero-order chi connectivity index (χ0) is 22.3. The lowest BCUT2D eigenvalue weighted by atomic mass is 10.1. The van der Waals surface area contributed by atoms with Gasteiger partial charge in [-0.25, -0.2) is 22.6 Å². The van der Waals surface area contributed by atoms with Gasteiger partial charge in [-0.3, -0.25) is 4.79 Å². The Labute approximate surface area is 180 Å². The van der Waals surface area contributed by atoms with Crippen LogP contribution >= 0.6 is 0 Å². The average molecular weight is 443 g/mol. The number of fused-ring (bicyclic) bond motifs is 1. The number of nitrogens with two attached hydrogens (primary N) is 1. The van der Waals surface area contributed by atoms with Crippen molar-refractivity contribution in [3.8, 4) is 5.69 Å². The summed E-state index contributed by atoms with van der Waals surface area (Å²) in [6.07, 6.45) is 2.47. The van der Waals surface area contributed by atoms with E-state index in [4.69, 9.17) is 5.14 Å². The second-order valence-electron chi connectivity index (χ2n) is 7.73. The van der Waals surface area contributed by atoms with Crippen LogP contribution in [0.5, 0.6) is 0 Å². The molecule has 0 radical (unpaired) electrons. The van der Waals surface area contributed by atoms with Gasteiger partial charge in [-0.05, 0) is 68.1 Å². The Balaban J connectivity index is 1.67. The second kappa shape index (κ2) is 7.90. The Morgan fingerprint density at radius 3 is 2.58 bits per heavy atom. The Kier molecular flexibility index (Phi) is 5.40. The molecule has 3 aromatic rings. The highest BCUT2D eigenvalue weighted by Crippen LogP contribution is 2.30. The summed E-state index contributed by atoms with van der Waals surface area (Å²) in [5, 5.41) is 9.81. The molecular formula is C22H23FN4O3S. The zero-order valence-electron chi connectivity index (χ0n) is 17.2. The van der Waals surface area contributed by atoms with Gasteiger partial charge in [0.25, 0.3) is 5.91 Å². The van der Waals surface area contributed by atoms with Gasteiger partial charge in [-0.1, -0.05) is 12.1 Å². The maximum atomic E-state index is 13.3. The summed E-state index contributed by atoms with van der Waals surface area (Å²) in [5.41, 5.74) is 3.60. The van der Waals surface area contributed by atoms with E-state index in [1.165, 1.54) is 29.2 Å². The van der Waals surface area contributed by atoms with Gasteiger partial charge in [0.05, 0.1) is 16.6 Å². The molecule has 0 fully saturated rings. The van der Waals surface area contributed by atoms with E-state index in [-0.39, 0.29) is 16.6 Å². The van der Waals surface area contributed by atoms with Crippen LogP contribution in [0.25, 0.3) is 5.69 Å². The summed E-state index contributed by atoms with van der Waals surface area (Å²) in [5.74, 6) is -0.591. The largest absolute Gasteiger partial charge is 0.334 e. The number of amides is 1. The first kappa shape index (κ1) is 21.2. The van der Waals surface area contributed by atoms with E-state index in [0.29, 0.717) is 16.9 Å². The molecule has 162 valence electrons. The van der Waals surface area contributed by atoms with Crippen molar-refractivity contribution in [1.82, 2.24) is 14.7 Å². The van der Waals surface area contributed by atoms with E-state index in [0.717, 1.165) is 30.5 Å². The van der Waals surface area contributed by atoms with Gasteiger partial charge in [0.15, 0.2) is 5.69 Å². The molecule has 31 heavy (non-hydrogen) atoms. The van der Waals surface area contributed by atoms with Crippen LogP contribution in [0.1, 0.15) is 46.7 Å². The molecule has 1 atom stereocenters. The molecule has 2 aromatic carbocycles. The van der Waals surface area contributed by atoms with Gasteiger partial charge < -0.3 is 4.90 Å². The van der Waals surface area contributed by atoms with Crippen LogP contribution < -0.4 is 5.14 Å². The van der Waals surface area contributed by atoms with E-state index in [2.05, 4.69) is 5.10 Å². The minimum Gasteiger partial charge on any atom is -0.334 e. The molecule has 0 saturated carbocycles. The summed E-state index contributed by atoms with van der Waals surface area (Å²) in [6.45, 7) is 1.82. The van der Waals surface area contributed by atoms with Crippen molar-refractivity contribution in [2.75, 3.05) is 7.05 Å². The van der Waals surface area contributed by atoms with Crippen LogP contribution in [-0.4, -0.2) is 36.1 Å². The summed E-state index contributed by atoms with van der Waals surface area (Å²) >= 11 is 0. The van der Waals surface area contributed by atoms with Crippen molar-refractivity contribution in [2.45, 2.75) is 37.1 Å². The minimum atomic E-state index is -3.84. The van der Waals surface area contributed by atoms with Crippen molar-refractivity contribution in [1.29, 1.82) is 0 Å². The first-order valence-electron chi connectivity index (χ1n) is 9.93. The quantitative estimate of drug-likeness (QED) is 0.657. The van der Waals surface area contributed by atoms with Crippen LogP contribution in [0, 0.1) is 5.82 Å². The fraction of sp³-hybridized carbons (Fsp3) is 0.273. The molecule has 1 unspecified atom stereocenters. The van der Waals surface area contributed by atoms with E-state index in [1.54, 1.807) is 36.0 Å². The van der Waals surface area contributed by atoms with E-state index < -0.39 is 16.1 Å². The monoisotopic (exact) mass is 442 g/mol. The number of rotatable bonds is 5. The highest BCUT2D eigenvalue weighted by Gasteiger charge is 2.30. The molecule has 1 heterocycles. The fourth-order valence-corrected chi connectivity index (χ4v) is 4.49. The summed E-state index contributed by atoms with van der Waals surface area (Å²) < 4.78 is 38.4. The lowest BCUT2D eigenvalue weighted by Gasteiger charge is -2.25. The molecule has 0 bridgehead atoms. The van der Waals surface area contributed by atoms with E-state index >= 15 is 0 Å². The van der Waals surface area contributed by atoms with Crippen molar-refractivity contribution in [3.63, 3.8) is 0 Å². The van der Waals surface area contributed by atoms with Crippen LogP contribution in [0.2, 0.25) is 0 Å². The number of nitrogens with zero attached hydrogens (tertiary/aromatic N) is 3. The lowest BCUT2D eigenvalue weighted by Crippen LogP contribution is -2.31. The maximum absolute atomic E-state index is 13.3. The number of primary sulfonamides is 1. The van der Waals surface area contributed by atoms with Crippen LogP contribution in [0.3, 0.4) is 0 Å². The molecule has 1 aromatic heterocycles. The van der Waals surface area contributed by atoms with Gasteiger partial charge >= 0.3 is 0 Å². The first-order valence-corrected chi connectivity index (χ1v) is 11.5. The van der Waals surface area contributed by atoms with Crippen molar-refractivity contribution in [3.05, 3.63) is 76.9 Å². The zero-order valence-corrected chi connectivity index (χ0v) is 18.1. The third kappa shape index (κ3) is 3.98. The smallest absolute Gasteiger partial charge is 0.274 e. The molecule has 0 spiro atoms. The van der Waals surface area contributed by atoms with Crippen LogP contribution in [0.15, 0.2) is 53.4 Å². The molecule has 2 N–H and O–H groups in total. The molecule has 7 nitrogen and oxygen atoms in total. The predicted octanol–water partition coefficient (Wildman–Crippen LogP) is 2.98. The maximum Gasteiger partial charge on any atom is 0.274 e. The van der Waals surface area contributed by atoms with Gasteiger partial charge in [-0.15, -0.1) is 0 Å². The van der Waals surface area contributed by atoms with Crippen molar-refractivity contribution in [2.24, 2.45) is 5.14 Å². The minimum absolute atomic E-state index is 0.000761. The van der Waals surface area contributed by atoms with E-state index in [9.17, 15) is 17.6 Å². The Hall–Kier alpha value is -3.04. The van der Waals surface area contributed by atoms with Crippen molar-refractivity contribution < 1.29 is 17.6 Å². The Bertz CT molecular complexity index is 1250. The molecule has 1 aliphatic carbocycles. The third-order valence-electron chi connectivity index (χ3n) is 5.77. The average Bonchev–Trinajstić information content (AvgIpc) is 3.35. The fourth-order valence-electron chi connectivity index (χ4n) is 3.92. The molecule has 4 rings (SSSR count). The summed E-state index contributed by atoms with van der Waals surface area (Å²) in [6, 6.07) is 11.9. The number of hydrogen-bond donors (Lipinski definition) is 1. The SMILES string of the molecule is CC(c1cccc(S(N)(=O)=O)c1)N(C)C(=O)c1nn(-c2ccc(F)cc2)c2c1CCC2. The third-order valence-corrected chi connectivity index (χ3v) is 6.69.